The highest BCUT2D eigenvalue weighted by Crippen LogP contribution is 2.17. The van der Waals surface area contributed by atoms with Gasteiger partial charge in [-0.05, 0) is 55.8 Å². The summed E-state index contributed by atoms with van der Waals surface area (Å²) >= 11 is 1.97. The van der Waals surface area contributed by atoms with Gasteiger partial charge in [-0.25, -0.2) is 0 Å². The molecule has 1 aliphatic heterocycles. The average molecular weight is 258 g/mol. The monoisotopic (exact) mass is 258 g/mol. The Morgan fingerprint density at radius 2 is 2.12 bits per heavy atom. The van der Waals surface area contributed by atoms with Crippen LogP contribution in [0.5, 0.6) is 0 Å². The Balaban J connectivity index is 2.10. The molecule has 1 rings (SSSR count). The predicted molar refractivity (Wildman–Crippen MR) is 79.8 cm³/mol. The van der Waals surface area contributed by atoms with Crippen LogP contribution < -0.4 is 5.32 Å². The van der Waals surface area contributed by atoms with Gasteiger partial charge in [0.15, 0.2) is 0 Å². The molecule has 17 heavy (non-hydrogen) atoms. The first-order valence-corrected chi connectivity index (χ1v) is 8.43. The van der Waals surface area contributed by atoms with Crippen LogP contribution in [0.4, 0.5) is 0 Å². The zero-order valence-corrected chi connectivity index (χ0v) is 12.9. The molecule has 102 valence electrons. The van der Waals surface area contributed by atoms with Crippen LogP contribution in [-0.4, -0.2) is 49.6 Å². The lowest BCUT2D eigenvalue weighted by Crippen LogP contribution is -2.31. The first kappa shape index (κ1) is 15.3. The van der Waals surface area contributed by atoms with Gasteiger partial charge >= 0.3 is 0 Å². The molecule has 0 spiro atoms. The maximum Gasteiger partial charge on any atom is 0.00224 e. The summed E-state index contributed by atoms with van der Waals surface area (Å²) in [4.78, 5) is 2.66. The van der Waals surface area contributed by atoms with Crippen LogP contribution in [0.2, 0.25) is 0 Å². The fourth-order valence-corrected chi connectivity index (χ4v) is 3.27. The van der Waals surface area contributed by atoms with Gasteiger partial charge in [-0.1, -0.05) is 20.8 Å². The van der Waals surface area contributed by atoms with Gasteiger partial charge in [-0.2, -0.15) is 11.8 Å². The molecular formula is C14H30N2S. The maximum atomic E-state index is 3.60. The predicted octanol–water partition coefficient (Wildman–Crippen LogP) is 2.55. The van der Waals surface area contributed by atoms with Crippen LogP contribution in [0.25, 0.3) is 0 Å². The van der Waals surface area contributed by atoms with Crippen molar-refractivity contribution in [1.29, 1.82) is 0 Å². The number of hydrogen-bond donors (Lipinski definition) is 1. The first-order valence-electron chi connectivity index (χ1n) is 7.03. The highest BCUT2D eigenvalue weighted by Gasteiger charge is 2.22. The summed E-state index contributed by atoms with van der Waals surface area (Å²) in [5.41, 5.74) is 0. The molecule has 1 N–H and O–H groups in total. The fraction of sp³-hybridized carbons (Fsp3) is 1.00. The van der Waals surface area contributed by atoms with Crippen LogP contribution in [0.15, 0.2) is 0 Å². The molecule has 1 fully saturated rings. The van der Waals surface area contributed by atoms with Gasteiger partial charge in [0, 0.05) is 13.1 Å². The van der Waals surface area contributed by atoms with Gasteiger partial charge in [0.25, 0.3) is 0 Å². The Labute approximate surface area is 112 Å². The third-order valence-electron chi connectivity index (χ3n) is 3.38. The normalized spacial score (nSPS) is 23.5. The van der Waals surface area contributed by atoms with Crippen molar-refractivity contribution in [2.75, 3.05) is 44.7 Å². The van der Waals surface area contributed by atoms with Gasteiger partial charge in [-0.15, -0.1) is 0 Å². The molecule has 1 aliphatic rings. The minimum Gasteiger partial charge on any atom is -0.316 e. The van der Waals surface area contributed by atoms with E-state index in [2.05, 4.69) is 37.2 Å². The van der Waals surface area contributed by atoms with E-state index in [1.54, 1.807) is 0 Å². The van der Waals surface area contributed by atoms with E-state index in [0.717, 1.165) is 17.8 Å². The Morgan fingerprint density at radius 3 is 2.76 bits per heavy atom. The minimum absolute atomic E-state index is 0.772. The molecule has 3 heteroatoms. The van der Waals surface area contributed by atoms with Crippen molar-refractivity contribution >= 4 is 11.8 Å². The van der Waals surface area contributed by atoms with Crippen molar-refractivity contribution in [3.05, 3.63) is 0 Å². The number of nitrogens with zero attached hydrogens (tertiary/aromatic N) is 1. The molecular weight excluding hydrogens is 228 g/mol. The smallest absolute Gasteiger partial charge is 0.00224 e. The summed E-state index contributed by atoms with van der Waals surface area (Å²) in [7, 11) is 0. The molecule has 1 heterocycles. The largest absolute Gasteiger partial charge is 0.316 e. The highest BCUT2D eigenvalue weighted by atomic mass is 32.2. The number of rotatable bonds is 8. The Hall–Kier alpha value is 0.270. The van der Waals surface area contributed by atoms with E-state index in [1.165, 1.54) is 44.9 Å². The summed E-state index contributed by atoms with van der Waals surface area (Å²) in [5, 5.41) is 3.60. The highest BCUT2D eigenvalue weighted by molar-refractivity contribution is 7.98. The van der Waals surface area contributed by atoms with Crippen molar-refractivity contribution in [2.45, 2.75) is 27.2 Å². The molecule has 1 saturated heterocycles. The Bertz CT molecular complexity index is 197. The molecule has 0 aromatic heterocycles. The number of likely N-dealkylation sites (tertiary alicyclic amines) is 1. The summed E-state index contributed by atoms with van der Waals surface area (Å²) in [6.45, 7) is 13.2. The molecule has 0 aromatic rings. The van der Waals surface area contributed by atoms with Crippen LogP contribution in [0, 0.1) is 17.8 Å². The second-order valence-corrected chi connectivity index (χ2v) is 6.94. The van der Waals surface area contributed by atoms with Crippen molar-refractivity contribution in [3.8, 4) is 0 Å². The van der Waals surface area contributed by atoms with Gasteiger partial charge < -0.3 is 10.2 Å². The van der Waals surface area contributed by atoms with Crippen LogP contribution in [-0.2, 0) is 0 Å². The van der Waals surface area contributed by atoms with Gasteiger partial charge in [0.1, 0.15) is 0 Å². The summed E-state index contributed by atoms with van der Waals surface area (Å²) in [6, 6.07) is 0. The molecule has 0 radical (unpaired) electrons. The Morgan fingerprint density at radius 1 is 1.35 bits per heavy atom. The standard InChI is InChI=1S/C14H30N2S/c1-12(2)7-15-8-14-5-6-16(10-14)9-13(3)11-17-4/h12-15H,5-11H2,1-4H3. The molecule has 2 nitrogen and oxygen atoms in total. The zero-order chi connectivity index (χ0) is 12.7. The fourth-order valence-electron chi connectivity index (χ4n) is 2.60. The second kappa shape index (κ2) is 8.39. The topological polar surface area (TPSA) is 15.3 Å². The number of nitrogens with one attached hydrogen (secondary N) is 1. The van der Waals surface area contributed by atoms with Crippen molar-refractivity contribution in [1.82, 2.24) is 10.2 Å². The second-order valence-electron chi connectivity index (χ2n) is 6.03. The minimum atomic E-state index is 0.772. The quantitative estimate of drug-likeness (QED) is 0.720. The van der Waals surface area contributed by atoms with Gasteiger partial charge in [-0.3, -0.25) is 0 Å². The lowest BCUT2D eigenvalue weighted by atomic mass is 10.1. The van der Waals surface area contributed by atoms with Gasteiger partial charge in [0.05, 0.1) is 0 Å². The van der Waals surface area contributed by atoms with Crippen LogP contribution in [0.3, 0.4) is 0 Å². The molecule has 0 aromatic carbocycles. The van der Waals surface area contributed by atoms with E-state index in [-0.39, 0.29) is 0 Å². The number of thioether (sulfide) groups is 1. The molecule has 0 amide bonds. The maximum absolute atomic E-state index is 3.60. The average Bonchev–Trinajstić information content (AvgIpc) is 2.65. The summed E-state index contributed by atoms with van der Waals surface area (Å²) in [6.07, 6.45) is 3.59. The van der Waals surface area contributed by atoms with E-state index in [9.17, 15) is 0 Å². The lowest BCUT2D eigenvalue weighted by molar-refractivity contribution is 0.287. The van der Waals surface area contributed by atoms with E-state index in [4.69, 9.17) is 0 Å². The van der Waals surface area contributed by atoms with E-state index < -0.39 is 0 Å². The van der Waals surface area contributed by atoms with Crippen LogP contribution >= 0.6 is 11.8 Å². The van der Waals surface area contributed by atoms with Crippen molar-refractivity contribution < 1.29 is 0 Å². The van der Waals surface area contributed by atoms with E-state index in [0.29, 0.717) is 0 Å². The zero-order valence-electron chi connectivity index (χ0n) is 12.0. The molecule has 2 atom stereocenters. The molecule has 0 aliphatic carbocycles. The third-order valence-corrected chi connectivity index (χ3v) is 4.28. The Kier molecular flexibility index (Phi) is 7.56. The van der Waals surface area contributed by atoms with Crippen LogP contribution in [0.1, 0.15) is 27.2 Å². The molecule has 0 saturated carbocycles. The molecule has 2 unspecified atom stereocenters. The van der Waals surface area contributed by atoms with E-state index in [1.807, 2.05) is 11.8 Å². The third kappa shape index (κ3) is 6.68. The first-order chi connectivity index (χ1) is 8.11. The van der Waals surface area contributed by atoms with Crippen molar-refractivity contribution in [3.63, 3.8) is 0 Å². The summed E-state index contributed by atoms with van der Waals surface area (Å²) in [5.74, 6) is 3.80. The number of hydrogen-bond acceptors (Lipinski definition) is 3. The van der Waals surface area contributed by atoms with Crippen molar-refractivity contribution in [2.24, 2.45) is 17.8 Å². The summed E-state index contributed by atoms with van der Waals surface area (Å²) < 4.78 is 0. The van der Waals surface area contributed by atoms with E-state index >= 15 is 0 Å². The molecule has 0 bridgehead atoms. The lowest BCUT2D eigenvalue weighted by Gasteiger charge is -2.20. The SMILES string of the molecule is CSCC(C)CN1CCC(CNCC(C)C)C1. The van der Waals surface area contributed by atoms with Gasteiger partial charge in [0.2, 0.25) is 0 Å².